The Labute approximate surface area is 150 Å². The minimum atomic E-state index is 0.0891. The maximum Gasteiger partial charge on any atom is 0.260 e. The topological polar surface area (TPSA) is 42.0 Å². The van der Waals surface area contributed by atoms with E-state index in [4.69, 9.17) is 9.47 Å². The molecule has 138 valence electrons. The van der Waals surface area contributed by atoms with Crippen molar-refractivity contribution in [2.45, 2.75) is 20.3 Å². The van der Waals surface area contributed by atoms with Crippen LogP contribution in [0.2, 0.25) is 0 Å². The summed E-state index contributed by atoms with van der Waals surface area (Å²) in [6, 6.07) is 7.82. The fraction of sp³-hybridized carbons (Fsp3) is 0.650. The Hall–Kier alpha value is -1.59. The van der Waals surface area contributed by atoms with Gasteiger partial charge in [-0.15, -0.1) is 0 Å². The molecule has 1 aromatic carbocycles. The molecule has 2 atom stereocenters. The molecule has 0 aliphatic carbocycles. The Kier molecular flexibility index (Phi) is 5.64. The first-order valence-corrected chi connectivity index (χ1v) is 9.25. The van der Waals surface area contributed by atoms with Gasteiger partial charge < -0.3 is 19.3 Å². The van der Waals surface area contributed by atoms with Gasteiger partial charge in [0, 0.05) is 44.6 Å². The van der Waals surface area contributed by atoms with Gasteiger partial charge in [-0.25, -0.2) is 0 Å². The number of methoxy groups -OCH3 is 1. The van der Waals surface area contributed by atoms with E-state index in [1.807, 2.05) is 36.1 Å². The van der Waals surface area contributed by atoms with Crippen molar-refractivity contribution in [2.75, 3.05) is 53.0 Å². The van der Waals surface area contributed by atoms with Crippen molar-refractivity contribution in [3.05, 3.63) is 29.8 Å². The van der Waals surface area contributed by atoms with Crippen LogP contribution >= 0.6 is 0 Å². The van der Waals surface area contributed by atoms with Crippen molar-refractivity contribution in [3.63, 3.8) is 0 Å². The lowest BCUT2D eigenvalue weighted by atomic mass is 9.78. The third-order valence-electron chi connectivity index (χ3n) is 5.88. The molecule has 2 aliphatic heterocycles. The monoisotopic (exact) mass is 346 g/mol. The summed E-state index contributed by atoms with van der Waals surface area (Å²) >= 11 is 0. The summed E-state index contributed by atoms with van der Waals surface area (Å²) in [7, 11) is 1.77. The number of aryl methyl sites for hydroxylation is 1. The summed E-state index contributed by atoms with van der Waals surface area (Å²) in [6.45, 7) is 9.96. The number of hydrogen-bond donors (Lipinski definition) is 0. The molecule has 2 aliphatic rings. The van der Waals surface area contributed by atoms with E-state index in [1.54, 1.807) is 7.11 Å². The van der Waals surface area contributed by atoms with Crippen LogP contribution in [0.3, 0.4) is 0 Å². The lowest BCUT2D eigenvalue weighted by Gasteiger charge is -2.30. The molecule has 2 fully saturated rings. The zero-order chi connectivity index (χ0) is 17.9. The van der Waals surface area contributed by atoms with Gasteiger partial charge >= 0.3 is 0 Å². The molecule has 0 saturated carbocycles. The number of amides is 1. The highest BCUT2D eigenvalue weighted by Crippen LogP contribution is 2.43. The number of likely N-dealkylation sites (tertiary alicyclic amines) is 2. The Morgan fingerprint density at radius 3 is 2.84 bits per heavy atom. The van der Waals surface area contributed by atoms with E-state index >= 15 is 0 Å². The summed E-state index contributed by atoms with van der Waals surface area (Å²) in [6.07, 6.45) is 1.06. The van der Waals surface area contributed by atoms with E-state index < -0.39 is 0 Å². The van der Waals surface area contributed by atoms with Crippen molar-refractivity contribution < 1.29 is 14.3 Å². The van der Waals surface area contributed by atoms with Crippen LogP contribution in [0.5, 0.6) is 5.75 Å². The molecule has 5 nitrogen and oxygen atoms in total. The number of nitrogens with zero attached hydrogens (tertiary/aromatic N) is 2. The van der Waals surface area contributed by atoms with Gasteiger partial charge in [0.1, 0.15) is 5.75 Å². The molecule has 0 bridgehead atoms. The molecule has 1 amide bonds. The third-order valence-corrected chi connectivity index (χ3v) is 5.88. The number of hydrogen-bond acceptors (Lipinski definition) is 4. The average molecular weight is 346 g/mol. The maximum absolute atomic E-state index is 12.6. The molecular weight excluding hydrogens is 316 g/mol. The van der Waals surface area contributed by atoms with Gasteiger partial charge in [0.2, 0.25) is 0 Å². The second kappa shape index (κ2) is 7.75. The highest BCUT2D eigenvalue weighted by Gasteiger charge is 2.50. The normalized spacial score (nSPS) is 26.5. The first-order chi connectivity index (χ1) is 12.1. The minimum Gasteiger partial charge on any atom is -0.484 e. The predicted molar refractivity (Wildman–Crippen MR) is 97.8 cm³/mol. The van der Waals surface area contributed by atoms with Crippen LogP contribution in [0.4, 0.5) is 0 Å². The summed E-state index contributed by atoms with van der Waals surface area (Å²) in [5, 5.41) is 0. The lowest BCUT2D eigenvalue weighted by molar-refractivity contribution is -0.132. The van der Waals surface area contributed by atoms with Crippen LogP contribution in [0.15, 0.2) is 24.3 Å². The van der Waals surface area contributed by atoms with E-state index in [2.05, 4.69) is 11.8 Å². The molecule has 0 unspecified atom stereocenters. The van der Waals surface area contributed by atoms with Gasteiger partial charge in [-0.1, -0.05) is 25.1 Å². The van der Waals surface area contributed by atoms with Crippen LogP contribution in [-0.4, -0.2) is 68.8 Å². The summed E-state index contributed by atoms with van der Waals surface area (Å²) < 4.78 is 11.2. The van der Waals surface area contributed by atoms with E-state index in [-0.39, 0.29) is 17.9 Å². The average Bonchev–Trinajstić information content (AvgIpc) is 3.19. The smallest absolute Gasteiger partial charge is 0.260 e. The number of para-hydroxylation sites is 1. The first kappa shape index (κ1) is 18.2. The van der Waals surface area contributed by atoms with Crippen LogP contribution in [0.1, 0.15) is 18.9 Å². The zero-order valence-corrected chi connectivity index (χ0v) is 15.7. The Morgan fingerprint density at radius 2 is 2.12 bits per heavy atom. The van der Waals surface area contributed by atoms with Gasteiger partial charge in [-0.2, -0.15) is 0 Å². The highest BCUT2D eigenvalue weighted by atomic mass is 16.5. The van der Waals surface area contributed by atoms with Crippen molar-refractivity contribution in [3.8, 4) is 5.75 Å². The molecule has 2 heterocycles. The van der Waals surface area contributed by atoms with Crippen molar-refractivity contribution in [1.82, 2.24) is 9.80 Å². The maximum atomic E-state index is 12.6. The molecular formula is C20H30N2O3. The molecule has 5 heteroatoms. The number of ether oxygens (including phenoxy) is 2. The second-order valence-electron chi connectivity index (χ2n) is 7.46. The third kappa shape index (κ3) is 3.82. The van der Waals surface area contributed by atoms with Crippen molar-refractivity contribution in [2.24, 2.45) is 11.3 Å². The van der Waals surface area contributed by atoms with Gasteiger partial charge in [-0.3, -0.25) is 4.79 Å². The molecule has 3 rings (SSSR count). The summed E-state index contributed by atoms with van der Waals surface area (Å²) in [4.78, 5) is 17.1. The number of benzene rings is 1. The van der Waals surface area contributed by atoms with Gasteiger partial charge in [0.25, 0.3) is 5.91 Å². The van der Waals surface area contributed by atoms with Crippen LogP contribution in [0, 0.1) is 18.3 Å². The predicted octanol–water partition coefficient (Wildman–Crippen LogP) is 2.19. The molecule has 1 aromatic rings. The minimum absolute atomic E-state index is 0.0891. The van der Waals surface area contributed by atoms with E-state index in [9.17, 15) is 4.79 Å². The summed E-state index contributed by atoms with van der Waals surface area (Å²) in [5.74, 6) is 1.39. The van der Waals surface area contributed by atoms with Crippen LogP contribution < -0.4 is 4.74 Å². The Balaban J connectivity index is 1.59. The van der Waals surface area contributed by atoms with E-state index in [0.29, 0.717) is 5.92 Å². The fourth-order valence-corrected chi connectivity index (χ4v) is 4.34. The van der Waals surface area contributed by atoms with Crippen molar-refractivity contribution in [1.29, 1.82) is 0 Å². The van der Waals surface area contributed by atoms with Crippen molar-refractivity contribution >= 4 is 5.91 Å². The molecule has 0 aromatic heterocycles. The van der Waals surface area contributed by atoms with E-state index in [1.165, 1.54) is 0 Å². The van der Waals surface area contributed by atoms with Crippen LogP contribution in [-0.2, 0) is 9.53 Å². The Bertz CT molecular complexity index is 606. The van der Waals surface area contributed by atoms with Gasteiger partial charge in [0.05, 0.1) is 6.61 Å². The SMILES string of the molecule is CCN1C[C@H](COC)[C@@]2(CCN(C(=O)COc3ccccc3C)C2)C1. The Morgan fingerprint density at radius 1 is 1.32 bits per heavy atom. The largest absolute Gasteiger partial charge is 0.484 e. The van der Waals surface area contributed by atoms with E-state index in [0.717, 1.165) is 57.1 Å². The summed E-state index contributed by atoms with van der Waals surface area (Å²) in [5.41, 5.74) is 1.24. The van der Waals surface area contributed by atoms with Gasteiger partial charge in [-0.05, 0) is 31.5 Å². The molecule has 1 spiro atoms. The van der Waals surface area contributed by atoms with Gasteiger partial charge in [0.15, 0.2) is 6.61 Å². The molecule has 2 saturated heterocycles. The fourth-order valence-electron chi connectivity index (χ4n) is 4.34. The number of carbonyl (C=O) groups excluding carboxylic acids is 1. The second-order valence-corrected chi connectivity index (χ2v) is 7.46. The molecule has 25 heavy (non-hydrogen) atoms. The number of rotatable bonds is 6. The standard InChI is InChI=1S/C20H30N2O3/c1-4-21-11-17(12-24-3)20(14-21)9-10-22(15-20)19(23)13-25-18-8-6-5-7-16(18)2/h5-8,17H,4,9-15H2,1-3H3/t17-,20+/m1/s1. The van der Waals surface area contributed by atoms with Crippen LogP contribution in [0.25, 0.3) is 0 Å². The molecule has 0 N–H and O–H groups in total. The lowest BCUT2D eigenvalue weighted by Crippen LogP contribution is -2.39. The zero-order valence-electron chi connectivity index (χ0n) is 15.7. The number of carbonyl (C=O) groups is 1. The quantitative estimate of drug-likeness (QED) is 0.792. The molecule has 0 radical (unpaired) electrons. The first-order valence-electron chi connectivity index (χ1n) is 9.25. The highest BCUT2D eigenvalue weighted by molar-refractivity contribution is 5.78.